The normalized spacial score (nSPS) is 11.5. The van der Waals surface area contributed by atoms with Gasteiger partial charge in [0.25, 0.3) is 0 Å². The summed E-state index contributed by atoms with van der Waals surface area (Å²) in [5, 5.41) is 8.22. The number of hydrogen-bond acceptors (Lipinski definition) is 0. The average molecular weight is 342 g/mol. The molecule has 20 heavy (non-hydrogen) atoms. The Hall–Kier alpha value is -1.57. The molecule has 0 aliphatic rings. The van der Waals surface area contributed by atoms with Crippen molar-refractivity contribution in [3.63, 3.8) is 0 Å². The van der Waals surface area contributed by atoms with Gasteiger partial charge in [-0.05, 0) is 56.6 Å². The second-order valence-electron chi connectivity index (χ2n) is 4.96. The Labute approximate surface area is 130 Å². The molecular formula is C18H10BrCl. The van der Waals surface area contributed by atoms with Gasteiger partial charge in [-0.25, -0.2) is 0 Å². The number of rotatable bonds is 0. The highest BCUT2D eigenvalue weighted by molar-refractivity contribution is 9.10. The molecule has 0 bridgehead atoms. The second-order valence-corrected chi connectivity index (χ2v) is 6.31. The lowest BCUT2D eigenvalue weighted by atomic mass is 9.97. The van der Waals surface area contributed by atoms with E-state index in [0.717, 1.165) is 9.50 Å². The van der Waals surface area contributed by atoms with E-state index < -0.39 is 0 Å². The molecule has 0 N–H and O–H groups in total. The fraction of sp³-hybridized carbons (Fsp3) is 0. The lowest BCUT2D eigenvalue weighted by Crippen LogP contribution is -1.81. The molecule has 0 saturated heterocycles. The fourth-order valence-electron chi connectivity index (χ4n) is 2.81. The first-order valence-corrected chi connectivity index (χ1v) is 7.60. The minimum Gasteiger partial charge on any atom is -0.0843 e. The third-order valence-corrected chi connectivity index (χ3v) is 4.49. The van der Waals surface area contributed by atoms with Crippen LogP contribution in [0, 0.1) is 0 Å². The van der Waals surface area contributed by atoms with Gasteiger partial charge in [-0.1, -0.05) is 63.9 Å². The summed E-state index contributed by atoms with van der Waals surface area (Å²) in [4.78, 5) is 0. The minimum atomic E-state index is 0.777. The van der Waals surface area contributed by atoms with E-state index in [2.05, 4.69) is 64.5 Å². The maximum atomic E-state index is 6.16. The lowest BCUT2D eigenvalue weighted by molar-refractivity contribution is 1.73. The molecule has 0 aliphatic carbocycles. The summed E-state index contributed by atoms with van der Waals surface area (Å²) in [6, 6.07) is 21.2. The van der Waals surface area contributed by atoms with E-state index in [1.165, 1.54) is 32.3 Å². The van der Waals surface area contributed by atoms with Gasteiger partial charge < -0.3 is 0 Å². The van der Waals surface area contributed by atoms with Crippen LogP contribution in [0.4, 0.5) is 0 Å². The van der Waals surface area contributed by atoms with Crippen LogP contribution in [0.2, 0.25) is 5.02 Å². The topological polar surface area (TPSA) is 0 Å². The molecule has 0 nitrogen and oxygen atoms in total. The Morgan fingerprint density at radius 3 is 1.85 bits per heavy atom. The Kier molecular flexibility index (Phi) is 2.73. The summed E-state index contributed by atoms with van der Waals surface area (Å²) < 4.78 is 1.10. The number of halogens is 2. The first kappa shape index (κ1) is 12.2. The molecule has 0 radical (unpaired) electrons. The van der Waals surface area contributed by atoms with E-state index in [-0.39, 0.29) is 0 Å². The standard InChI is InChI=1S/C18H10BrCl/c19-13-5-1-11-3-8-16-15(17(11)9-13)7-4-12-2-6-14(20)10-18(12)16/h1-10H. The maximum absolute atomic E-state index is 6.16. The number of benzene rings is 4. The van der Waals surface area contributed by atoms with Crippen molar-refractivity contribution in [2.45, 2.75) is 0 Å². The average Bonchev–Trinajstić information content (AvgIpc) is 2.46. The van der Waals surface area contributed by atoms with Crippen LogP contribution in [-0.2, 0) is 0 Å². The first-order chi connectivity index (χ1) is 9.72. The zero-order valence-electron chi connectivity index (χ0n) is 10.5. The smallest absolute Gasteiger partial charge is 0.0412 e. The van der Waals surface area contributed by atoms with Gasteiger partial charge in [-0.2, -0.15) is 0 Å². The third kappa shape index (κ3) is 1.81. The Morgan fingerprint density at radius 2 is 1.15 bits per heavy atom. The zero-order chi connectivity index (χ0) is 13.7. The molecule has 0 heterocycles. The summed E-state index contributed by atoms with van der Waals surface area (Å²) in [6.45, 7) is 0. The third-order valence-electron chi connectivity index (χ3n) is 3.76. The molecule has 0 aromatic heterocycles. The molecule has 0 unspecified atom stereocenters. The molecule has 4 aromatic rings. The van der Waals surface area contributed by atoms with Crippen LogP contribution >= 0.6 is 27.5 Å². The van der Waals surface area contributed by atoms with E-state index in [0.29, 0.717) is 0 Å². The summed E-state index contributed by atoms with van der Waals surface area (Å²) in [5.74, 6) is 0. The molecule has 4 aromatic carbocycles. The van der Waals surface area contributed by atoms with Crippen molar-refractivity contribution in [2.75, 3.05) is 0 Å². The summed E-state index contributed by atoms with van der Waals surface area (Å²) in [7, 11) is 0. The van der Waals surface area contributed by atoms with Crippen molar-refractivity contribution in [2.24, 2.45) is 0 Å². The fourth-order valence-corrected chi connectivity index (χ4v) is 3.34. The molecule has 0 aliphatic heterocycles. The molecule has 96 valence electrons. The molecule has 0 atom stereocenters. The highest BCUT2D eigenvalue weighted by Crippen LogP contribution is 2.33. The zero-order valence-corrected chi connectivity index (χ0v) is 12.9. The van der Waals surface area contributed by atoms with Gasteiger partial charge in [-0.15, -0.1) is 0 Å². The molecule has 2 heteroatoms. The molecule has 0 fully saturated rings. The molecule has 4 rings (SSSR count). The van der Waals surface area contributed by atoms with E-state index >= 15 is 0 Å². The predicted octanol–water partition coefficient (Wildman–Crippen LogP) is 6.56. The minimum absolute atomic E-state index is 0.777. The van der Waals surface area contributed by atoms with Crippen LogP contribution in [-0.4, -0.2) is 0 Å². The molecule has 0 amide bonds. The molecule has 0 spiro atoms. The van der Waals surface area contributed by atoms with Gasteiger partial charge in [0.1, 0.15) is 0 Å². The van der Waals surface area contributed by atoms with Crippen LogP contribution in [0.5, 0.6) is 0 Å². The van der Waals surface area contributed by atoms with E-state index in [9.17, 15) is 0 Å². The van der Waals surface area contributed by atoms with Crippen molar-refractivity contribution >= 4 is 59.8 Å². The Bertz CT molecular complexity index is 892. The van der Waals surface area contributed by atoms with Gasteiger partial charge in [0.05, 0.1) is 0 Å². The Balaban J connectivity index is 2.26. The van der Waals surface area contributed by atoms with Crippen molar-refractivity contribution in [1.29, 1.82) is 0 Å². The monoisotopic (exact) mass is 340 g/mol. The second kappa shape index (κ2) is 4.47. The van der Waals surface area contributed by atoms with Crippen LogP contribution in [0.1, 0.15) is 0 Å². The largest absolute Gasteiger partial charge is 0.0843 e. The summed E-state index contributed by atoms with van der Waals surface area (Å²) in [6.07, 6.45) is 0. The van der Waals surface area contributed by atoms with Crippen LogP contribution in [0.25, 0.3) is 32.3 Å². The van der Waals surface area contributed by atoms with Crippen molar-refractivity contribution in [3.8, 4) is 0 Å². The predicted molar refractivity (Wildman–Crippen MR) is 91.7 cm³/mol. The quantitative estimate of drug-likeness (QED) is 0.318. The number of fused-ring (bicyclic) bond motifs is 5. The van der Waals surface area contributed by atoms with E-state index in [1.54, 1.807) is 0 Å². The highest BCUT2D eigenvalue weighted by atomic mass is 79.9. The van der Waals surface area contributed by atoms with Crippen LogP contribution in [0.3, 0.4) is 0 Å². The van der Waals surface area contributed by atoms with Crippen molar-refractivity contribution in [3.05, 3.63) is 70.2 Å². The molecule has 0 saturated carbocycles. The van der Waals surface area contributed by atoms with Gasteiger partial charge in [0, 0.05) is 9.50 Å². The first-order valence-electron chi connectivity index (χ1n) is 6.43. The van der Waals surface area contributed by atoms with Crippen LogP contribution < -0.4 is 0 Å². The summed E-state index contributed by atoms with van der Waals surface area (Å²) >= 11 is 9.71. The highest BCUT2D eigenvalue weighted by Gasteiger charge is 2.05. The van der Waals surface area contributed by atoms with Crippen molar-refractivity contribution < 1.29 is 0 Å². The number of hydrogen-bond donors (Lipinski definition) is 0. The van der Waals surface area contributed by atoms with E-state index in [1.807, 2.05) is 12.1 Å². The van der Waals surface area contributed by atoms with Crippen molar-refractivity contribution in [1.82, 2.24) is 0 Å². The summed E-state index contributed by atoms with van der Waals surface area (Å²) in [5.41, 5.74) is 0. The van der Waals surface area contributed by atoms with Gasteiger partial charge >= 0.3 is 0 Å². The maximum Gasteiger partial charge on any atom is 0.0412 e. The SMILES string of the molecule is Clc1ccc2ccc3c4cc(Br)ccc4ccc3c2c1. The van der Waals surface area contributed by atoms with Crippen LogP contribution in [0.15, 0.2) is 65.1 Å². The molecular weight excluding hydrogens is 332 g/mol. The van der Waals surface area contributed by atoms with Gasteiger partial charge in [-0.3, -0.25) is 0 Å². The Morgan fingerprint density at radius 1 is 0.600 bits per heavy atom. The van der Waals surface area contributed by atoms with Gasteiger partial charge in [0.2, 0.25) is 0 Å². The van der Waals surface area contributed by atoms with E-state index in [4.69, 9.17) is 11.6 Å². The lowest BCUT2D eigenvalue weighted by Gasteiger charge is -2.08. The van der Waals surface area contributed by atoms with Gasteiger partial charge in [0.15, 0.2) is 0 Å².